The number of nitrogens with one attached hydrogen (secondary N) is 1. The first kappa shape index (κ1) is 17.1. The van der Waals surface area contributed by atoms with Gasteiger partial charge >= 0.3 is 0 Å². The number of benzene rings is 2. The molecule has 7 heteroatoms. The Morgan fingerprint density at radius 2 is 1.93 bits per heavy atom. The van der Waals surface area contributed by atoms with E-state index in [1.807, 2.05) is 12.1 Å². The number of rotatable bonds is 2. The maximum absolute atomic E-state index is 13.6. The van der Waals surface area contributed by atoms with E-state index in [1.54, 1.807) is 12.1 Å². The van der Waals surface area contributed by atoms with Crippen molar-refractivity contribution in [3.63, 3.8) is 0 Å². The quantitative estimate of drug-likeness (QED) is 0.717. The van der Waals surface area contributed by atoms with Crippen LogP contribution < -0.4 is 15.1 Å². The van der Waals surface area contributed by atoms with Crippen LogP contribution in [0.2, 0.25) is 0 Å². The van der Waals surface area contributed by atoms with E-state index in [4.69, 9.17) is 14.1 Å². The zero-order chi connectivity index (χ0) is 19.4. The lowest BCUT2D eigenvalue weighted by atomic mass is 9.89. The van der Waals surface area contributed by atoms with Crippen molar-refractivity contribution < 1.29 is 13.5 Å². The Hall–Kier alpha value is -2.80. The fourth-order valence-corrected chi connectivity index (χ4v) is 4.84. The van der Waals surface area contributed by atoms with Crippen LogP contribution in [-0.2, 0) is 4.74 Å². The van der Waals surface area contributed by atoms with E-state index >= 15 is 0 Å². The largest absolute Gasteiger partial charge is 0.423 e. The van der Waals surface area contributed by atoms with Gasteiger partial charge in [-0.3, -0.25) is 0 Å². The lowest BCUT2D eigenvalue weighted by molar-refractivity contribution is 0.122. The van der Waals surface area contributed by atoms with Crippen LogP contribution in [-0.4, -0.2) is 50.4 Å². The van der Waals surface area contributed by atoms with Gasteiger partial charge in [0, 0.05) is 55.6 Å². The first-order chi connectivity index (χ1) is 14.2. The Kier molecular flexibility index (Phi) is 3.90. The summed E-state index contributed by atoms with van der Waals surface area (Å²) in [5, 5.41) is 3.49. The smallest absolute Gasteiger partial charge is 0.298 e. The summed E-state index contributed by atoms with van der Waals surface area (Å²) in [7, 11) is 0. The molecular formula is C22H23FN4O2. The zero-order valence-electron chi connectivity index (χ0n) is 16.1. The zero-order valence-corrected chi connectivity index (χ0v) is 16.1. The number of ether oxygens (including phenoxy) is 1. The van der Waals surface area contributed by atoms with Crippen LogP contribution in [0, 0.1) is 5.82 Å². The third-order valence-electron chi connectivity index (χ3n) is 6.38. The van der Waals surface area contributed by atoms with Crippen molar-refractivity contribution in [1.82, 2.24) is 4.98 Å². The molecule has 4 heterocycles. The van der Waals surface area contributed by atoms with Crippen molar-refractivity contribution in [3.05, 3.63) is 47.8 Å². The van der Waals surface area contributed by atoms with Gasteiger partial charge in [-0.2, -0.15) is 4.98 Å². The van der Waals surface area contributed by atoms with Crippen molar-refractivity contribution in [3.8, 4) is 0 Å². The molecule has 3 aliphatic heterocycles. The van der Waals surface area contributed by atoms with Gasteiger partial charge in [-0.15, -0.1) is 0 Å². The Labute approximate surface area is 168 Å². The van der Waals surface area contributed by atoms with Crippen molar-refractivity contribution in [2.24, 2.45) is 0 Å². The highest BCUT2D eigenvalue weighted by Crippen LogP contribution is 2.41. The summed E-state index contributed by atoms with van der Waals surface area (Å²) in [5.74, 6) is 0.125. The number of hydrogen-bond acceptors (Lipinski definition) is 6. The number of nitrogens with zero attached hydrogens (tertiary/aromatic N) is 3. The van der Waals surface area contributed by atoms with E-state index in [0.29, 0.717) is 18.0 Å². The summed E-state index contributed by atoms with van der Waals surface area (Å²) >= 11 is 0. The first-order valence-electron chi connectivity index (χ1n) is 10.3. The molecule has 0 amide bonds. The predicted molar refractivity (Wildman–Crippen MR) is 110 cm³/mol. The standard InChI is InChI=1S/C22H23FN4O2/c23-14-1-3-16-17-13-27(6-5-18(17)24-20(16)11-14)22-25-19-4-2-15(12-21(19)29-22)26-7-9-28-10-8-26/h1-4,11-12,17-18,24H,5-10,13H2. The van der Waals surface area contributed by atoms with Crippen LogP contribution in [0.4, 0.5) is 21.8 Å². The molecule has 1 N–H and O–H groups in total. The molecule has 3 aromatic rings. The number of hydrogen-bond donors (Lipinski definition) is 1. The summed E-state index contributed by atoms with van der Waals surface area (Å²) < 4.78 is 25.2. The number of halogens is 1. The van der Waals surface area contributed by atoms with Crippen LogP contribution in [0.15, 0.2) is 40.8 Å². The molecule has 2 atom stereocenters. The number of morpholine rings is 1. The highest BCUT2D eigenvalue weighted by molar-refractivity contribution is 5.79. The SMILES string of the molecule is Fc1ccc2c(c1)NC1CCN(c3nc4ccc(N5CCOCC5)cc4o3)CC21. The van der Waals surface area contributed by atoms with E-state index in [-0.39, 0.29) is 5.82 Å². The molecule has 150 valence electrons. The van der Waals surface area contributed by atoms with Crippen molar-refractivity contribution >= 4 is 28.5 Å². The lowest BCUT2D eigenvalue weighted by Crippen LogP contribution is -2.42. The minimum absolute atomic E-state index is 0.193. The minimum Gasteiger partial charge on any atom is -0.423 e. The molecular weight excluding hydrogens is 371 g/mol. The summed E-state index contributed by atoms with van der Waals surface area (Å²) in [6.07, 6.45) is 0.971. The molecule has 0 radical (unpaired) electrons. The molecule has 2 fully saturated rings. The van der Waals surface area contributed by atoms with Crippen molar-refractivity contribution in [1.29, 1.82) is 0 Å². The van der Waals surface area contributed by atoms with Crippen LogP contribution in [0.1, 0.15) is 17.9 Å². The summed E-state index contributed by atoms with van der Waals surface area (Å²) in [6.45, 7) is 5.00. The van der Waals surface area contributed by atoms with Crippen LogP contribution in [0.3, 0.4) is 0 Å². The van der Waals surface area contributed by atoms with Gasteiger partial charge in [0.15, 0.2) is 5.58 Å². The maximum Gasteiger partial charge on any atom is 0.298 e. The van der Waals surface area contributed by atoms with E-state index in [0.717, 1.165) is 68.3 Å². The predicted octanol–water partition coefficient (Wildman–Crippen LogP) is 3.59. The van der Waals surface area contributed by atoms with Crippen LogP contribution >= 0.6 is 0 Å². The van der Waals surface area contributed by atoms with Crippen molar-refractivity contribution in [2.45, 2.75) is 18.4 Å². The van der Waals surface area contributed by atoms with Gasteiger partial charge in [0.2, 0.25) is 0 Å². The molecule has 0 spiro atoms. The Bertz CT molecular complexity index is 1060. The second-order valence-corrected chi connectivity index (χ2v) is 8.07. The third-order valence-corrected chi connectivity index (χ3v) is 6.38. The second-order valence-electron chi connectivity index (χ2n) is 8.07. The molecule has 6 nitrogen and oxygen atoms in total. The fraction of sp³-hybridized carbons (Fsp3) is 0.409. The van der Waals surface area contributed by atoms with Gasteiger partial charge in [-0.1, -0.05) is 6.07 Å². The molecule has 1 aromatic heterocycles. The van der Waals surface area contributed by atoms with E-state index in [9.17, 15) is 4.39 Å². The summed E-state index contributed by atoms with van der Waals surface area (Å²) in [6, 6.07) is 12.3. The molecule has 0 bridgehead atoms. The van der Waals surface area contributed by atoms with Crippen molar-refractivity contribution in [2.75, 3.05) is 54.5 Å². The second kappa shape index (κ2) is 6.62. The fourth-order valence-electron chi connectivity index (χ4n) is 4.84. The number of anilines is 3. The van der Waals surface area contributed by atoms with E-state index in [2.05, 4.69) is 27.2 Å². The minimum atomic E-state index is -0.193. The Morgan fingerprint density at radius 3 is 2.83 bits per heavy atom. The number of aromatic nitrogens is 1. The molecule has 29 heavy (non-hydrogen) atoms. The van der Waals surface area contributed by atoms with Crippen LogP contribution in [0.25, 0.3) is 11.1 Å². The highest BCUT2D eigenvalue weighted by Gasteiger charge is 2.38. The Balaban J connectivity index is 1.26. The van der Waals surface area contributed by atoms with E-state index in [1.165, 1.54) is 5.56 Å². The topological polar surface area (TPSA) is 53.8 Å². The number of fused-ring (bicyclic) bond motifs is 4. The van der Waals surface area contributed by atoms with E-state index < -0.39 is 0 Å². The number of piperidine rings is 1. The van der Waals surface area contributed by atoms with Gasteiger partial charge < -0.3 is 24.3 Å². The molecule has 2 unspecified atom stereocenters. The van der Waals surface area contributed by atoms with Gasteiger partial charge in [-0.25, -0.2) is 4.39 Å². The third kappa shape index (κ3) is 2.92. The average molecular weight is 394 g/mol. The Morgan fingerprint density at radius 1 is 1.03 bits per heavy atom. The molecule has 0 saturated carbocycles. The lowest BCUT2D eigenvalue weighted by Gasteiger charge is -2.34. The van der Waals surface area contributed by atoms with Crippen LogP contribution in [0.5, 0.6) is 0 Å². The first-order valence-corrected chi connectivity index (χ1v) is 10.3. The summed E-state index contributed by atoms with van der Waals surface area (Å²) in [4.78, 5) is 9.28. The average Bonchev–Trinajstić information content (AvgIpc) is 3.34. The number of oxazole rings is 1. The van der Waals surface area contributed by atoms with Gasteiger partial charge in [0.25, 0.3) is 6.01 Å². The monoisotopic (exact) mass is 394 g/mol. The molecule has 0 aliphatic carbocycles. The molecule has 2 saturated heterocycles. The molecule has 2 aromatic carbocycles. The molecule has 3 aliphatic rings. The van der Waals surface area contributed by atoms with Gasteiger partial charge in [-0.05, 0) is 36.2 Å². The van der Waals surface area contributed by atoms with Gasteiger partial charge in [0.05, 0.1) is 13.2 Å². The molecule has 6 rings (SSSR count). The van der Waals surface area contributed by atoms with Gasteiger partial charge in [0.1, 0.15) is 11.3 Å². The maximum atomic E-state index is 13.6. The normalized spacial score (nSPS) is 23.8. The highest BCUT2D eigenvalue weighted by atomic mass is 19.1. The summed E-state index contributed by atoms with van der Waals surface area (Å²) in [5.41, 5.74) is 4.96.